The highest BCUT2D eigenvalue weighted by Crippen LogP contribution is 2.35. The topological polar surface area (TPSA) is 69.0 Å². The fraction of sp³-hybridized carbons (Fsp3) is 0.455. The third kappa shape index (κ3) is 4.45. The summed E-state index contributed by atoms with van der Waals surface area (Å²) >= 11 is 0. The standard InChI is InChI=1S/C22H28N4O3/c1-2-25-16-22(12-20(25)27)15-24(13-18-8-11-29-14-18)9-10-26(17-22)21(28)23-19-6-4-3-5-7-19/h3-8,11,14H,2,9-10,12-13,15-17H2,1H3,(H,23,28)/t22-/m0/s1. The summed E-state index contributed by atoms with van der Waals surface area (Å²) in [5.41, 5.74) is 1.64. The maximum atomic E-state index is 13.0. The first kappa shape index (κ1) is 19.5. The Kier molecular flexibility index (Phi) is 5.58. The normalized spacial score (nSPS) is 22.9. The van der Waals surface area contributed by atoms with Crippen LogP contribution in [0.1, 0.15) is 18.9 Å². The lowest BCUT2D eigenvalue weighted by molar-refractivity contribution is -0.127. The van der Waals surface area contributed by atoms with Crippen molar-refractivity contribution in [3.8, 4) is 0 Å². The van der Waals surface area contributed by atoms with Gasteiger partial charge >= 0.3 is 6.03 Å². The Labute approximate surface area is 171 Å². The van der Waals surface area contributed by atoms with E-state index in [9.17, 15) is 9.59 Å². The molecule has 0 unspecified atom stereocenters. The fourth-order valence-corrected chi connectivity index (χ4v) is 4.50. The lowest BCUT2D eigenvalue weighted by atomic mass is 9.86. The minimum absolute atomic E-state index is 0.108. The highest BCUT2D eigenvalue weighted by atomic mass is 16.3. The number of nitrogens with one attached hydrogen (secondary N) is 1. The van der Waals surface area contributed by atoms with Gasteiger partial charge in [-0.05, 0) is 25.1 Å². The van der Waals surface area contributed by atoms with Gasteiger partial charge in [-0.1, -0.05) is 18.2 Å². The van der Waals surface area contributed by atoms with E-state index in [1.807, 2.05) is 53.1 Å². The monoisotopic (exact) mass is 396 g/mol. The summed E-state index contributed by atoms with van der Waals surface area (Å²) in [5, 5.41) is 3.00. The van der Waals surface area contributed by atoms with Crippen molar-refractivity contribution in [2.45, 2.75) is 19.9 Å². The summed E-state index contributed by atoms with van der Waals surface area (Å²) in [7, 11) is 0. The Hall–Kier alpha value is -2.80. The number of para-hydroxylation sites is 1. The first-order valence-electron chi connectivity index (χ1n) is 10.2. The first-order chi connectivity index (χ1) is 14.1. The molecule has 4 rings (SSSR count). The van der Waals surface area contributed by atoms with Crippen LogP contribution in [0.25, 0.3) is 0 Å². The van der Waals surface area contributed by atoms with Crippen molar-refractivity contribution >= 4 is 17.6 Å². The number of carbonyl (C=O) groups excluding carboxylic acids is 2. The molecule has 2 saturated heterocycles. The van der Waals surface area contributed by atoms with Crippen LogP contribution in [0.3, 0.4) is 0 Å². The van der Waals surface area contributed by atoms with E-state index in [1.54, 1.807) is 12.5 Å². The highest BCUT2D eigenvalue weighted by Gasteiger charge is 2.46. The molecule has 29 heavy (non-hydrogen) atoms. The molecule has 1 atom stereocenters. The largest absolute Gasteiger partial charge is 0.472 e. The summed E-state index contributed by atoms with van der Waals surface area (Å²) in [6.07, 6.45) is 3.92. The quantitative estimate of drug-likeness (QED) is 0.863. The van der Waals surface area contributed by atoms with Crippen molar-refractivity contribution in [2.75, 3.05) is 44.6 Å². The maximum Gasteiger partial charge on any atom is 0.321 e. The van der Waals surface area contributed by atoms with Gasteiger partial charge in [-0.25, -0.2) is 4.79 Å². The minimum Gasteiger partial charge on any atom is -0.472 e. The number of anilines is 1. The maximum absolute atomic E-state index is 13.0. The molecule has 1 aromatic heterocycles. The van der Waals surface area contributed by atoms with Gasteiger partial charge < -0.3 is 19.5 Å². The third-order valence-electron chi connectivity index (χ3n) is 5.86. The predicted octanol–water partition coefficient (Wildman–Crippen LogP) is 2.87. The highest BCUT2D eigenvalue weighted by molar-refractivity contribution is 5.89. The van der Waals surface area contributed by atoms with Crippen molar-refractivity contribution < 1.29 is 14.0 Å². The van der Waals surface area contributed by atoms with Gasteiger partial charge in [0.05, 0.1) is 12.5 Å². The molecule has 0 saturated carbocycles. The lowest BCUT2D eigenvalue weighted by Gasteiger charge is -2.33. The Bertz CT molecular complexity index is 839. The molecule has 2 fully saturated rings. The van der Waals surface area contributed by atoms with Gasteiger partial charge in [0.25, 0.3) is 0 Å². The zero-order valence-corrected chi connectivity index (χ0v) is 16.8. The second-order valence-corrected chi connectivity index (χ2v) is 8.14. The Morgan fingerprint density at radius 1 is 1.14 bits per heavy atom. The van der Waals surface area contributed by atoms with Crippen molar-refractivity contribution in [3.63, 3.8) is 0 Å². The third-order valence-corrected chi connectivity index (χ3v) is 5.86. The first-order valence-corrected chi connectivity index (χ1v) is 10.2. The van der Waals surface area contributed by atoms with Gasteiger partial charge in [0.2, 0.25) is 5.91 Å². The van der Waals surface area contributed by atoms with E-state index >= 15 is 0 Å². The number of urea groups is 1. The van der Waals surface area contributed by atoms with Crippen molar-refractivity contribution in [1.82, 2.24) is 14.7 Å². The van der Waals surface area contributed by atoms with Gasteiger partial charge in [0, 0.05) is 68.9 Å². The van der Waals surface area contributed by atoms with Crippen molar-refractivity contribution in [2.24, 2.45) is 5.41 Å². The van der Waals surface area contributed by atoms with E-state index < -0.39 is 0 Å². The van der Waals surface area contributed by atoms with Crippen LogP contribution >= 0.6 is 0 Å². The summed E-state index contributed by atoms with van der Waals surface area (Å²) in [6, 6.07) is 11.4. The van der Waals surface area contributed by atoms with Gasteiger partial charge in [-0.2, -0.15) is 0 Å². The number of furan rings is 1. The molecule has 0 radical (unpaired) electrons. The van der Waals surface area contributed by atoms with Crippen LogP contribution in [0, 0.1) is 5.41 Å². The second-order valence-electron chi connectivity index (χ2n) is 8.14. The fourth-order valence-electron chi connectivity index (χ4n) is 4.50. The molecule has 2 aliphatic rings. The molecule has 7 nitrogen and oxygen atoms in total. The summed E-state index contributed by atoms with van der Waals surface area (Å²) in [4.78, 5) is 31.7. The van der Waals surface area contributed by atoms with E-state index in [0.29, 0.717) is 32.6 Å². The van der Waals surface area contributed by atoms with E-state index in [1.165, 1.54) is 0 Å². The molecular formula is C22H28N4O3. The predicted molar refractivity (Wildman–Crippen MR) is 110 cm³/mol. The zero-order valence-electron chi connectivity index (χ0n) is 16.8. The molecule has 2 aliphatic heterocycles. The number of carbonyl (C=O) groups is 2. The number of likely N-dealkylation sites (tertiary alicyclic amines) is 1. The smallest absolute Gasteiger partial charge is 0.321 e. The van der Waals surface area contributed by atoms with Gasteiger partial charge in [0.15, 0.2) is 0 Å². The zero-order chi connectivity index (χ0) is 20.3. The summed E-state index contributed by atoms with van der Waals surface area (Å²) < 4.78 is 5.22. The van der Waals surface area contributed by atoms with Crippen LogP contribution in [0.4, 0.5) is 10.5 Å². The number of benzene rings is 1. The van der Waals surface area contributed by atoms with Gasteiger partial charge in [-0.3, -0.25) is 9.69 Å². The number of hydrogen-bond donors (Lipinski definition) is 1. The van der Waals surface area contributed by atoms with Crippen molar-refractivity contribution in [1.29, 1.82) is 0 Å². The van der Waals surface area contributed by atoms with E-state index in [2.05, 4.69) is 10.2 Å². The van der Waals surface area contributed by atoms with E-state index in [0.717, 1.165) is 30.9 Å². The lowest BCUT2D eigenvalue weighted by Crippen LogP contribution is -2.45. The molecular weight excluding hydrogens is 368 g/mol. The molecule has 0 aliphatic carbocycles. The van der Waals surface area contributed by atoms with E-state index in [-0.39, 0.29) is 17.4 Å². The van der Waals surface area contributed by atoms with Gasteiger partial charge in [0.1, 0.15) is 0 Å². The average molecular weight is 396 g/mol. The molecule has 7 heteroatoms. The van der Waals surface area contributed by atoms with Crippen LogP contribution in [0.15, 0.2) is 53.3 Å². The molecule has 154 valence electrons. The summed E-state index contributed by atoms with van der Waals surface area (Å²) in [6.45, 7) is 6.92. The SMILES string of the molecule is CCN1C[C@]2(CC1=O)CN(Cc1ccoc1)CCN(C(=O)Nc1ccccc1)C2. The van der Waals surface area contributed by atoms with Gasteiger partial charge in [-0.15, -0.1) is 0 Å². The summed E-state index contributed by atoms with van der Waals surface area (Å²) in [5.74, 6) is 0.182. The van der Waals surface area contributed by atoms with E-state index in [4.69, 9.17) is 4.42 Å². The molecule has 1 spiro atoms. The number of rotatable bonds is 4. The number of hydrogen-bond acceptors (Lipinski definition) is 4. The van der Waals surface area contributed by atoms with Crippen molar-refractivity contribution in [3.05, 3.63) is 54.5 Å². The average Bonchev–Trinajstić information content (AvgIpc) is 3.28. The minimum atomic E-state index is -0.249. The molecule has 2 aromatic rings. The number of nitrogens with zero attached hydrogens (tertiary/aromatic N) is 3. The number of amides is 3. The molecule has 3 amide bonds. The van der Waals surface area contributed by atoms with Crippen LogP contribution in [0.2, 0.25) is 0 Å². The molecule has 1 aromatic carbocycles. The van der Waals surface area contributed by atoms with Crippen LogP contribution in [-0.2, 0) is 11.3 Å². The Morgan fingerprint density at radius 3 is 2.66 bits per heavy atom. The molecule has 0 bridgehead atoms. The molecule has 3 heterocycles. The molecule has 1 N–H and O–H groups in total. The van der Waals surface area contributed by atoms with Crippen LogP contribution in [0.5, 0.6) is 0 Å². The Balaban J connectivity index is 1.53. The Morgan fingerprint density at radius 2 is 1.97 bits per heavy atom. The van der Waals surface area contributed by atoms with Crippen LogP contribution in [-0.4, -0.2) is 65.9 Å². The second kappa shape index (κ2) is 8.29. The van der Waals surface area contributed by atoms with Crippen LogP contribution < -0.4 is 5.32 Å².